The summed E-state index contributed by atoms with van der Waals surface area (Å²) < 4.78 is 5.13. The average molecular weight is 323 g/mol. The van der Waals surface area contributed by atoms with Gasteiger partial charge >= 0.3 is 5.97 Å². The van der Waals surface area contributed by atoms with Gasteiger partial charge < -0.3 is 9.72 Å². The monoisotopic (exact) mass is 323 g/mol. The summed E-state index contributed by atoms with van der Waals surface area (Å²) >= 11 is 0. The van der Waals surface area contributed by atoms with Crippen molar-refractivity contribution in [2.75, 3.05) is 6.61 Å². The van der Waals surface area contributed by atoms with Gasteiger partial charge in [-0.3, -0.25) is 0 Å². The molecular weight excluding hydrogens is 298 g/mol. The molecule has 3 nitrogen and oxygen atoms in total. The second-order valence-corrected chi connectivity index (χ2v) is 6.96. The maximum absolute atomic E-state index is 12.1. The molecule has 0 spiro atoms. The van der Waals surface area contributed by atoms with E-state index in [1.807, 2.05) is 19.1 Å². The molecule has 0 saturated heterocycles. The number of nitrogens with one attached hydrogen (secondary N) is 1. The Morgan fingerprint density at radius 3 is 2.88 bits per heavy atom. The van der Waals surface area contributed by atoms with E-state index in [1.54, 1.807) is 0 Å². The van der Waals surface area contributed by atoms with E-state index in [9.17, 15) is 4.79 Å². The third-order valence-corrected chi connectivity index (χ3v) is 5.27. The molecule has 0 bridgehead atoms. The average Bonchev–Trinajstić information content (AvgIpc) is 2.99. The van der Waals surface area contributed by atoms with Crippen LogP contribution < -0.4 is 0 Å². The molecule has 0 radical (unpaired) electrons. The lowest BCUT2D eigenvalue weighted by Crippen LogP contribution is -2.28. The molecule has 24 heavy (non-hydrogen) atoms. The van der Waals surface area contributed by atoms with E-state index in [2.05, 4.69) is 44.1 Å². The second-order valence-electron chi connectivity index (χ2n) is 6.96. The topological polar surface area (TPSA) is 42.1 Å². The number of rotatable bonds is 4. The van der Waals surface area contributed by atoms with Crippen LogP contribution >= 0.6 is 0 Å². The molecule has 1 aliphatic rings. The van der Waals surface area contributed by atoms with Crippen LogP contribution in [0.1, 0.15) is 61.1 Å². The lowest BCUT2D eigenvalue weighted by atomic mass is 9.66. The van der Waals surface area contributed by atoms with Crippen molar-refractivity contribution in [2.45, 2.75) is 44.9 Å². The highest BCUT2D eigenvalue weighted by Crippen LogP contribution is 2.48. The summed E-state index contributed by atoms with van der Waals surface area (Å²) in [5, 5.41) is 1.03. The van der Waals surface area contributed by atoms with Crippen molar-refractivity contribution in [3.8, 4) is 0 Å². The Balaban J connectivity index is 2.25. The SMILES string of the molecule is C=CC1(C)CCC(C(=C)C)c2ccc3cc(C(=O)OCC)[nH]c3c21. The number of benzene rings is 1. The molecule has 1 aromatic heterocycles. The first-order valence-electron chi connectivity index (χ1n) is 8.53. The summed E-state index contributed by atoms with van der Waals surface area (Å²) in [7, 11) is 0. The molecule has 1 heterocycles. The number of esters is 1. The number of H-pyrrole nitrogens is 1. The van der Waals surface area contributed by atoms with Crippen molar-refractivity contribution in [1.29, 1.82) is 0 Å². The number of carbonyl (C=O) groups is 1. The highest BCUT2D eigenvalue weighted by molar-refractivity contribution is 5.96. The summed E-state index contributed by atoms with van der Waals surface area (Å²) in [4.78, 5) is 15.4. The number of aromatic nitrogens is 1. The first kappa shape index (κ1) is 16.6. The van der Waals surface area contributed by atoms with Crippen LogP contribution in [-0.4, -0.2) is 17.6 Å². The van der Waals surface area contributed by atoms with Crippen LogP contribution in [0.25, 0.3) is 10.9 Å². The van der Waals surface area contributed by atoms with Gasteiger partial charge in [0, 0.05) is 16.7 Å². The van der Waals surface area contributed by atoms with Gasteiger partial charge in [0.15, 0.2) is 0 Å². The Kier molecular flexibility index (Phi) is 4.12. The molecule has 3 heteroatoms. The summed E-state index contributed by atoms with van der Waals surface area (Å²) in [6.45, 7) is 14.7. The summed E-state index contributed by atoms with van der Waals surface area (Å²) in [5.41, 5.74) is 5.12. The van der Waals surface area contributed by atoms with Gasteiger partial charge in [0.2, 0.25) is 0 Å². The van der Waals surface area contributed by atoms with Gasteiger partial charge in [0.1, 0.15) is 5.69 Å². The van der Waals surface area contributed by atoms with E-state index in [4.69, 9.17) is 4.74 Å². The molecule has 1 aliphatic carbocycles. The molecule has 3 rings (SSSR count). The lowest BCUT2D eigenvalue weighted by molar-refractivity contribution is 0.0520. The largest absolute Gasteiger partial charge is 0.461 e. The molecular formula is C21H25NO2. The van der Waals surface area contributed by atoms with Crippen LogP contribution in [0.5, 0.6) is 0 Å². The zero-order chi connectivity index (χ0) is 17.5. The highest BCUT2D eigenvalue weighted by Gasteiger charge is 2.36. The Bertz CT molecular complexity index is 830. The van der Waals surface area contributed by atoms with Crippen molar-refractivity contribution in [1.82, 2.24) is 4.98 Å². The predicted octanol–water partition coefficient (Wildman–Crippen LogP) is 5.24. The quantitative estimate of drug-likeness (QED) is 0.617. The standard InChI is InChI=1S/C21H25NO2/c1-6-21(5)11-10-15(13(3)4)16-9-8-14-12-17(20(23)24-7-2)22-19(14)18(16)21/h6,8-9,12,15,22H,1,3,7,10-11H2,2,4-5H3. The minimum Gasteiger partial charge on any atom is -0.461 e. The smallest absolute Gasteiger partial charge is 0.354 e. The third kappa shape index (κ3) is 2.48. The van der Waals surface area contributed by atoms with Gasteiger partial charge in [-0.25, -0.2) is 4.79 Å². The number of fused-ring (bicyclic) bond motifs is 3. The zero-order valence-electron chi connectivity index (χ0n) is 14.7. The van der Waals surface area contributed by atoms with E-state index >= 15 is 0 Å². The van der Waals surface area contributed by atoms with Crippen LogP contribution in [0.4, 0.5) is 0 Å². The fraction of sp³-hybridized carbons (Fsp3) is 0.381. The van der Waals surface area contributed by atoms with E-state index in [0.717, 1.165) is 23.7 Å². The minimum atomic E-state index is -0.310. The summed E-state index contributed by atoms with van der Waals surface area (Å²) in [6.07, 6.45) is 4.13. The fourth-order valence-electron chi connectivity index (χ4n) is 3.88. The normalized spacial score (nSPS) is 22.9. The highest BCUT2D eigenvalue weighted by atomic mass is 16.5. The molecule has 126 valence electrons. The van der Waals surface area contributed by atoms with E-state index in [0.29, 0.717) is 18.2 Å². The van der Waals surface area contributed by atoms with Crippen LogP contribution in [0, 0.1) is 0 Å². The van der Waals surface area contributed by atoms with E-state index in [-0.39, 0.29) is 11.4 Å². The van der Waals surface area contributed by atoms with Gasteiger partial charge in [-0.15, -0.1) is 6.58 Å². The molecule has 0 amide bonds. The third-order valence-electron chi connectivity index (χ3n) is 5.27. The summed E-state index contributed by atoms with van der Waals surface area (Å²) in [5.74, 6) is 0.0433. The van der Waals surface area contributed by atoms with Gasteiger partial charge in [-0.1, -0.05) is 37.3 Å². The molecule has 1 N–H and O–H groups in total. The zero-order valence-corrected chi connectivity index (χ0v) is 14.7. The van der Waals surface area contributed by atoms with Crippen LogP contribution in [-0.2, 0) is 10.2 Å². The molecule has 0 aliphatic heterocycles. The maximum atomic E-state index is 12.1. The summed E-state index contributed by atoms with van der Waals surface area (Å²) in [6, 6.07) is 6.14. The molecule has 0 fully saturated rings. The van der Waals surface area contributed by atoms with Gasteiger partial charge in [-0.05, 0) is 43.9 Å². The number of hydrogen-bond acceptors (Lipinski definition) is 2. The van der Waals surface area contributed by atoms with Crippen molar-refractivity contribution in [2.24, 2.45) is 0 Å². The Labute approximate surface area is 143 Å². The van der Waals surface area contributed by atoms with Crippen LogP contribution in [0.3, 0.4) is 0 Å². The fourth-order valence-corrected chi connectivity index (χ4v) is 3.88. The first-order chi connectivity index (χ1) is 11.4. The van der Waals surface area contributed by atoms with Crippen molar-refractivity contribution in [3.63, 3.8) is 0 Å². The molecule has 2 unspecified atom stereocenters. The van der Waals surface area contributed by atoms with E-state index in [1.165, 1.54) is 16.7 Å². The molecule has 2 atom stereocenters. The second kappa shape index (κ2) is 5.97. The number of allylic oxidation sites excluding steroid dienone is 2. The molecule has 1 aromatic carbocycles. The van der Waals surface area contributed by atoms with Gasteiger partial charge in [0.25, 0.3) is 0 Å². The van der Waals surface area contributed by atoms with Gasteiger partial charge in [-0.2, -0.15) is 0 Å². The molecule has 2 aromatic rings. The number of hydrogen-bond donors (Lipinski definition) is 1. The number of ether oxygens (including phenoxy) is 1. The van der Waals surface area contributed by atoms with Crippen molar-refractivity contribution < 1.29 is 9.53 Å². The Hall–Kier alpha value is -2.29. The van der Waals surface area contributed by atoms with Crippen molar-refractivity contribution >= 4 is 16.9 Å². The first-order valence-corrected chi connectivity index (χ1v) is 8.53. The lowest BCUT2D eigenvalue weighted by Gasteiger charge is -2.38. The molecule has 0 saturated carbocycles. The number of aromatic amines is 1. The van der Waals surface area contributed by atoms with Crippen LogP contribution in [0.2, 0.25) is 0 Å². The predicted molar refractivity (Wildman–Crippen MR) is 98.6 cm³/mol. The Morgan fingerprint density at radius 1 is 1.50 bits per heavy atom. The maximum Gasteiger partial charge on any atom is 0.354 e. The minimum absolute atomic E-state index is 0.114. The Morgan fingerprint density at radius 2 is 2.25 bits per heavy atom. The van der Waals surface area contributed by atoms with E-state index < -0.39 is 0 Å². The van der Waals surface area contributed by atoms with Crippen LogP contribution in [0.15, 0.2) is 43.0 Å². The number of carbonyl (C=O) groups excluding carboxylic acids is 1. The van der Waals surface area contributed by atoms with Crippen molar-refractivity contribution in [3.05, 3.63) is 59.8 Å². The van der Waals surface area contributed by atoms with Gasteiger partial charge in [0.05, 0.1) is 12.1 Å².